The molecule has 1 rings (SSSR count). The van der Waals surface area contributed by atoms with Crippen LogP contribution in [0.25, 0.3) is 0 Å². The maximum atomic E-state index is 10.6. The minimum absolute atomic E-state index is 0.00505. The molecular weight excluding hydrogens is 208 g/mol. The number of nitrogens with two attached hydrogens (primary N) is 1. The molecule has 1 aliphatic rings. The van der Waals surface area contributed by atoms with Gasteiger partial charge in [-0.3, -0.25) is 9.79 Å². The molecular formula is C7H10N2O4S. The van der Waals surface area contributed by atoms with Gasteiger partial charge in [0.05, 0.1) is 0 Å². The number of nitrogens with zero attached hydrogens (tertiary/aromatic N) is 1. The van der Waals surface area contributed by atoms with E-state index in [1.54, 1.807) is 0 Å². The van der Waals surface area contributed by atoms with Crippen LogP contribution in [0.1, 0.15) is 6.42 Å². The standard InChI is InChI=1S/C7H10N2O4S/c8-4(7(12)13)5-9-3(6(10)11)1-2-14-5/h4-5H,1-2,8H2,(H,10,11)(H,12,13)/t4-,5+/m0/s1. The van der Waals surface area contributed by atoms with Crippen LogP contribution in [0, 0.1) is 0 Å². The Morgan fingerprint density at radius 2 is 2.21 bits per heavy atom. The first kappa shape index (κ1) is 11.0. The average molecular weight is 218 g/mol. The van der Waals surface area contributed by atoms with E-state index in [2.05, 4.69) is 4.99 Å². The molecule has 1 aliphatic heterocycles. The number of carbonyl (C=O) groups is 2. The number of hydrogen-bond donors (Lipinski definition) is 3. The van der Waals surface area contributed by atoms with Gasteiger partial charge in [-0.1, -0.05) is 0 Å². The van der Waals surface area contributed by atoms with Crippen molar-refractivity contribution < 1.29 is 19.8 Å². The second-order valence-electron chi connectivity index (χ2n) is 2.76. The number of hydrogen-bond acceptors (Lipinski definition) is 5. The van der Waals surface area contributed by atoms with Crippen LogP contribution in [-0.2, 0) is 9.59 Å². The van der Waals surface area contributed by atoms with Crippen LogP contribution >= 0.6 is 11.8 Å². The summed E-state index contributed by atoms with van der Waals surface area (Å²) in [7, 11) is 0. The van der Waals surface area contributed by atoms with Crippen molar-refractivity contribution in [3.05, 3.63) is 0 Å². The van der Waals surface area contributed by atoms with Gasteiger partial charge in [0.15, 0.2) is 0 Å². The zero-order valence-electron chi connectivity index (χ0n) is 7.21. The van der Waals surface area contributed by atoms with Gasteiger partial charge in [-0.25, -0.2) is 4.79 Å². The van der Waals surface area contributed by atoms with Gasteiger partial charge in [-0.2, -0.15) is 0 Å². The van der Waals surface area contributed by atoms with E-state index in [1.807, 2.05) is 0 Å². The van der Waals surface area contributed by atoms with Crippen LogP contribution in [0.3, 0.4) is 0 Å². The predicted molar refractivity (Wildman–Crippen MR) is 51.5 cm³/mol. The molecule has 78 valence electrons. The molecule has 14 heavy (non-hydrogen) atoms. The zero-order chi connectivity index (χ0) is 10.7. The van der Waals surface area contributed by atoms with Gasteiger partial charge < -0.3 is 15.9 Å². The van der Waals surface area contributed by atoms with Gasteiger partial charge in [-0.05, 0) is 0 Å². The maximum absolute atomic E-state index is 10.6. The molecule has 0 aromatic heterocycles. The maximum Gasteiger partial charge on any atom is 0.349 e. The molecule has 0 aliphatic carbocycles. The Morgan fingerprint density at radius 1 is 1.57 bits per heavy atom. The highest BCUT2D eigenvalue weighted by atomic mass is 32.2. The van der Waals surface area contributed by atoms with E-state index in [1.165, 1.54) is 11.8 Å². The fourth-order valence-electron chi connectivity index (χ4n) is 1.000. The molecule has 0 radical (unpaired) electrons. The summed E-state index contributed by atoms with van der Waals surface area (Å²) in [4.78, 5) is 24.9. The number of rotatable bonds is 3. The average Bonchev–Trinajstić information content (AvgIpc) is 2.16. The molecule has 0 saturated carbocycles. The van der Waals surface area contributed by atoms with Gasteiger partial charge in [0.25, 0.3) is 0 Å². The fourth-order valence-corrected chi connectivity index (χ4v) is 2.08. The third-order valence-electron chi connectivity index (χ3n) is 1.75. The Kier molecular flexibility index (Phi) is 3.48. The molecule has 0 bridgehead atoms. The van der Waals surface area contributed by atoms with E-state index in [4.69, 9.17) is 15.9 Å². The van der Waals surface area contributed by atoms with E-state index in [9.17, 15) is 9.59 Å². The van der Waals surface area contributed by atoms with Crippen LogP contribution in [0.5, 0.6) is 0 Å². The highest BCUT2D eigenvalue weighted by molar-refractivity contribution is 8.00. The van der Waals surface area contributed by atoms with E-state index < -0.39 is 23.4 Å². The summed E-state index contributed by atoms with van der Waals surface area (Å²) in [6.07, 6.45) is 0.350. The summed E-state index contributed by atoms with van der Waals surface area (Å²) in [6, 6.07) is -1.14. The van der Waals surface area contributed by atoms with Crippen LogP contribution in [0.4, 0.5) is 0 Å². The van der Waals surface area contributed by atoms with Crippen LogP contribution in [0.15, 0.2) is 4.99 Å². The van der Waals surface area contributed by atoms with Gasteiger partial charge in [0.2, 0.25) is 0 Å². The molecule has 0 spiro atoms. The number of aliphatic carboxylic acids is 2. The summed E-state index contributed by atoms with van der Waals surface area (Å²) >= 11 is 1.26. The van der Waals surface area contributed by atoms with Crippen molar-refractivity contribution in [1.82, 2.24) is 0 Å². The SMILES string of the molecule is N[C@H](C(=O)O)[C@@H]1N=C(C(=O)O)CCS1. The van der Waals surface area contributed by atoms with Crippen molar-refractivity contribution >= 4 is 29.4 Å². The Bertz CT molecular complexity index is 291. The first-order valence-corrected chi connectivity index (χ1v) is 4.97. The second kappa shape index (κ2) is 4.43. The number of carboxylic acids is 2. The van der Waals surface area contributed by atoms with Crippen molar-refractivity contribution in [3.8, 4) is 0 Å². The predicted octanol–water partition coefficient (Wildman–Crippen LogP) is -0.613. The Labute approximate surface area is 84.2 Å². The molecule has 0 aromatic rings. The number of thioether (sulfide) groups is 1. The second-order valence-corrected chi connectivity index (χ2v) is 3.98. The van der Waals surface area contributed by atoms with E-state index >= 15 is 0 Å². The Balaban J connectivity index is 2.76. The van der Waals surface area contributed by atoms with E-state index in [0.29, 0.717) is 12.2 Å². The lowest BCUT2D eigenvalue weighted by atomic mass is 10.2. The van der Waals surface area contributed by atoms with Crippen molar-refractivity contribution in [2.24, 2.45) is 10.7 Å². The fraction of sp³-hybridized carbons (Fsp3) is 0.571. The third kappa shape index (κ3) is 2.46. The van der Waals surface area contributed by atoms with Crippen LogP contribution in [0.2, 0.25) is 0 Å². The van der Waals surface area contributed by atoms with Gasteiger partial charge in [0.1, 0.15) is 17.1 Å². The van der Waals surface area contributed by atoms with E-state index in [0.717, 1.165) is 0 Å². The molecule has 0 saturated heterocycles. The smallest absolute Gasteiger partial charge is 0.349 e. The molecule has 0 unspecified atom stereocenters. The van der Waals surface area contributed by atoms with Crippen molar-refractivity contribution in [2.45, 2.75) is 17.8 Å². The normalized spacial score (nSPS) is 23.8. The molecule has 0 aromatic carbocycles. The molecule has 6 nitrogen and oxygen atoms in total. The van der Waals surface area contributed by atoms with Crippen LogP contribution in [-0.4, -0.2) is 45.0 Å². The highest BCUT2D eigenvalue weighted by Crippen LogP contribution is 2.22. The molecule has 0 fully saturated rings. The van der Waals surface area contributed by atoms with E-state index in [-0.39, 0.29) is 5.71 Å². The van der Waals surface area contributed by atoms with Crippen molar-refractivity contribution in [1.29, 1.82) is 0 Å². The van der Waals surface area contributed by atoms with Gasteiger partial charge in [0, 0.05) is 12.2 Å². The Morgan fingerprint density at radius 3 is 2.71 bits per heavy atom. The molecule has 0 amide bonds. The summed E-state index contributed by atoms with van der Waals surface area (Å²) < 4.78 is 0. The molecule has 7 heteroatoms. The summed E-state index contributed by atoms with van der Waals surface area (Å²) in [5.74, 6) is -1.73. The number of carboxylic acid groups (broad SMARTS) is 2. The third-order valence-corrected chi connectivity index (χ3v) is 2.93. The highest BCUT2D eigenvalue weighted by Gasteiger charge is 2.28. The minimum Gasteiger partial charge on any atom is -0.480 e. The number of aliphatic imine (C=N–C) groups is 1. The zero-order valence-corrected chi connectivity index (χ0v) is 8.03. The monoisotopic (exact) mass is 218 g/mol. The quantitative estimate of drug-likeness (QED) is 0.582. The first-order valence-electron chi connectivity index (χ1n) is 3.92. The van der Waals surface area contributed by atoms with Gasteiger partial charge in [-0.15, -0.1) is 11.8 Å². The largest absolute Gasteiger partial charge is 0.480 e. The van der Waals surface area contributed by atoms with Crippen LogP contribution < -0.4 is 5.73 Å². The molecule has 2 atom stereocenters. The van der Waals surface area contributed by atoms with Crippen molar-refractivity contribution in [3.63, 3.8) is 0 Å². The molecule has 4 N–H and O–H groups in total. The van der Waals surface area contributed by atoms with Crippen molar-refractivity contribution in [2.75, 3.05) is 5.75 Å². The molecule has 1 heterocycles. The lowest BCUT2D eigenvalue weighted by Gasteiger charge is -2.20. The topological polar surface area (TPSA) is 113 Å². The summed E-state index contributed by atoms with van der Waals surface area (Å²) in [5, 5.41) is 16.6. The summed E-state index contributed by atoms with van der Waals surface area (Å²) in [6.45, 7) is 0. The lowest BCUT2D eigenvalue weighted by Crippen LogP contribution is -2.41. The van der Waals surface area contributed by atoms with Gasteiger partial charge >= 0.3 is 11.9 Å². The first-order chi connectivity index (χ1) is 6.52. The summed E-state index contributed by atoms with van der Waals surface area (Å²) in [5.41, 5.74) is 5.34. The Hall–Kier alpha value is -1.08. The lowest BCUT2D eigenvalue weighted by molar-refractivity contribution is -0.138. The minimum atomic E-state index is -1.17.